The summed E-state index contributed by atoms with van der Waals surface area (Å²) in [5, 5.41) is 0. The van der Waals surface area contributed by atoms with Crippen LogP contribution in [-0.4, -0.2) is 33.8 Å². The van der Waals surface area contributed by atoms with Crippen molar-refractivity contribution in [1.29, 1.82) is 0 Å². The molecule has 1 aromatic heterocycles. The smallest absolute Gasteiger partial charge is 0.261 e. The van der Waals surface area contributed by atoms with E-state index in [1.54, 1.807) is 19.4 Å². The summed E-state index contributed by atoms with van der Waals surface area (Å²) in [5.74, 6) is 0.109. The summed E-state index contributed by atoms with van der Waals surface area (Å²) < 4.78 is 0. The Hall–Kier alpha value is -2.76. The molecule has 0 spiro atoms. The van der Waals surface area contributed by atoms with Crippen LogP contribution < -0.4 is 5.73 Å². The molecule has 2 aromatic rings. The lowest BCUT2D eigenvalue weighted by molar-refractivity contribution is -0.132. The van der Waals surface area contributed by atoms with Crippen LogP contribution in [-0.2, 0) is 16.8 Å². The van der Waals surface area contributed by atoms with Gasteiger partial charge in [0.25, 0.3) is 5.91 Å². The molecule has 6 heteroatoms. The zero-order valence-corrected chi connectivity index (χ0v) is 15.7. The molecule has 1 aliphatic rings. The Bertz CT molecular complexity index is 861. The zero-order chi connectivity index (χ0) is 18.9. The highest BCUT2D eigenvalue weighted by atomic mass is 16.2. The number of nitrogens with zero attached hydrogens (tertiary/aromatic N) is 4. The Morgan fingerprint density at radius 2 is 2.04 bits per heavy atom. The van der Waals surface area contributed by atoms with Gasteiger partial charge in [-0.15, -0.1) is 0 Å². The average molecular weight is 351 g/mol. The monoisotopic (exact) mass is 351 g/mol. The van der Waals surface area contributed by atoms with Crippen LogP contribution in [0.25, 0.3) is 11.3 Å². The summed E-state index contributed by atoms with van der Waals surface area (Å²) in [4.78, 5) is 28.0. The van der Waals surface area contributed by atoms with E-state index < -0.39 is 5.54 Å². The lowest BCUT2D eigenvalue weighted by atomic mass is 9.79. The predicted octanol–water partition coefficient (Wildman–Crippen LogP) is 2.73. The predicted molar refractivity (Wildman–Crippen MR) is 102 cm³/mol. The number of hydrogen-bond acceptors (Lipinski definition) is 5. The van der Waals surface area contributed by atoms with Gasteiger partial charge in [-0.3, -0.25) is 14.7 Å². The normalized spacial score (nSPS) is 20.0. The van der Waals surface area contributed by atoms with Crippen molar-refractivity contribution in [1.82, 2.24) is 14.9 Å². The maximum Gasteiger partial charge on any atom is 0.261 e. The van der Waals surface area contributed by atoms with Gasteiger partial charge in [0, 0.05) is 18.8 Å². The number of carbonyl (C=O) groups excluding carboxylic acids is 1. The molecular weight excluding hydrogens is 326 g/mol. The number of carbonyl (C=O) groups is 1. The third-order valence-corrected chi connectivity index (χ3v) is 4.89. The Balaban J connectivity index is 2.09. The van der Waals surface area contributed by atoms with Crippen molar-refractivity contribution in [2.24, 2.45) is 16.6 Å². The van der Waals surface area contributed by atoms with Gasteiger partial charge in [0.2, 0.25) is 0 Å². The van der Waals surface area contributed by atoms with Crippen molar-refractivity contribution >= 4 is 11.9 Å². The van der Waals surface area contributed by atoms with E-state index in [1.165, 1.54) is 4.90 Å². The lowest BCUT2D eigenvalue weighted by Gasteiger charge is -2.29. The second-order valence-corrected chi connectivity index (χ2v) is 6.98. The van der Waals surface area contributed by atoms with Crippen LogP contribution in [0.3, 0.4) is 0 Å². The summed E-state index contributed by atoms with van der Waals surface area (Å²) in [6.45, 7) is 6.09. The maximum atomic E-state index is 13.0. The molecule has 136 valence electrons. The number of hydrogen-bond donors (Lipinski definition) is 1. The van der Waals surface area contributed by atoms with Crippen LogP contribution >= 0.6 is 0 Å². The molecule has 1 aliphatic heterocycles. The highest BCUT2D eigenvalue weighted by Crippen LogP contribution is 2.40. The number of guanidine groups is 1. The quantitative estimate of drug-likeness (QED) is 0.897. The Morgan fingerprint density at radius 1 is 1.27 bits per heavy atom. The second kappa shape index (κ2) is 6.86. The fourth-order valence-corrected chi connectivity index (χ4v) is 3.40. The molecule has 3 rings (SSSR count). The van der Waals surface area contributed by atoms with E-state index in [1.807, 2.05) is 38.1 Å². The molecule has 1 amide bonds. The molecular formula is C20H25N5O. The van der Waals surface area contributed by atoms with E-state index in [4.69, 9.17) is 10.7 Å². The summed E-state index contributed by atoms with van der Waals surface area (Å²) in [6, 6.07) is 7.82. The second-order valence-electron chi connectivity index (χ2n) is 6.98. The molecule has 1 unspecified atom stereocenters. The van der Waals surface area contributed by atoms with Gasteiger partial charge in [-0.25, -0.2) is 9.98 Å². The molecule has 0 saturated carbocycles. The molecule has 0 fully saturated rings. The van der Waals surface area contributed by atoms with Crippen molar-refractivity contribution in [3.05, 3.63) is 47.9 Å². The van der Waals surface area contributed by atoms with Gasteiger partial charge in [0.05, 0.1) is 17.6 Å². The van der Waals surface area contributed by atoms with Crippen molar-refractivity contribution in [3.63, 3.8) is 0 Å². The van der Waals surface area contributed by atoms with Crippen LogP contribution in [0.1, 0.15) is 38.4 Å². The highest BCUT2D eigenvalue weighted by Gasteiger charge is 2.50. The molecule has 0 radical (unpaired) electrons. The SMILES string of the molecule is CCCc1cncc(-c2cccc(C3(C(C)C)N=C(N)N(C)C3=O)c2)n1. The number of likely N-dealkylation sites (N-methyl/N-ethyl adjacent to an activating group) is 1. The van der Waals surface area contributed by atoms with Gasteiger partial charge in [0.15, 0.2) is 11.5 Å². The standard InChI is InChI=1S/C20H25N5O/c1-5-7-16-11-22-12-17(23-16)14-8-6-9-15(10-14)20(13(2)3)18(26)25(4)19(21)24-20/h6,8-13H,5,7H2,1-4H3,(H2,21,24). The minimum Gasteiger partial charge on any atom is -0.369 e. The number of rotatable bonds is 5. The fourth-order valence-electron chi connectivity index (χ4n) is 3.40. The molecule has 2 N–H and O–H groups in total. The number of amides is 1. The number of nitrogens with two attached hydrogens (primary N) is 1. The Kier molecular flexibility index (Phi) is 4.76. The first kappa shape index (κ1) is 18.0. The van der Waals surface area contributed by atoms with Crippen LogP contribution in [0.4, 0.5) is 0 Å². The minimum atomic E-state index is -0.997. The van der Waals surface area contributed by atoms with Crippen molar-refractivity contribution < 1.29 is 4.79 Å². The number of aryl methyl sites for hydroxylation is 1. The van der Waals surface area contributed by atoms with Gasteiger partial charge >= 0.3 is 0 Å². The average Bonchev–Trinajstić information content (AvgIpc) is 2.87. The van der Waals surface area contributed by atoms with Gasteiger partial charge < -0.3 is 5.73 Å². The number of aliphatic imine (C=N–C) groups is 1. The molecule has 26 heavy (non-hydrogen) atoms. The van der Waals surface area contributed by atoms with E-state index in [-0.39, 0.29) is 17.8 Å². The molecule has 0 saturated heterocycles. The third-order valence-electron chi connectivity index (χ3n) is 4.89. The van der Waals surface area contributed by atoms with E-state index in [9.17, 15) is 4.79 Å². The van der Waals surface area contributed by atoms with Crippen molar-refractivity contribution in [2.45, 2.75) is 39.2 Å². The first-order valence-corrected chi connectivity index (χ1v) is 8.95. The minimum absolute atomic E-state index is 0.0359. The third kappa shape index (κ3) is 2.85. The van der Waals surface area contributed by atoms with Crippen LogP contribution in [0.15, 0.2) is 41.7 Å². The molecule has 1 atom stereocenters. The fraction of sp³-hybridized carbons (Fsp3) is 0.400. The Labute approximate surface area is 154 Å². The van der Waals surface area contributed by atoms with E-state index in [2.05, 4.69) is 16.9 Å². The van der Waals surface area contributed by atoms with Crippen LogP contribution in [0, 0.1) is 5.92 Å². The van der Waals surface area contributed by atoms with E-state index in [0.29, 0.717) is 0 Å². The summed E-state index contributed by atoms with van der Waals surface area (Å²) in [6.07, 6.45) is 5.46. The Morgan fingerprint density at radius 3 is 2.65 bits per heavy atom. The van der Waals surface area contributed by atoms with Gasteiger partial charge in [-0.1, -0.05) is 45.4 Å². The zero-order valence-electron chi connectivity index (χ0n) is 15.7. The maximum absolute atomic E-state index is 13.0. The summed E-state index contributed by atoms with van der Waals surface area (Å²) in [7, 11) is 1.66. The highest BCUT2D eigenvalue weighted by molar-refractivity contribution is 6.07. The molecule has 1 aromatic carbocycles. The van der Waals surface area contributed by atoms with Gasteiger partial charge in [-0.05, 0) is 24.0 Å². The lowest BCUT2D eigenvalue weighted by Crippen LogP contribution is -2.43. The summed E-state index contributed by atoms with van der Waals surface area (Å²) >= 11 is 0. The van der Waals surface area contributed by atoms with Crippen LogP contribution in [0.5, 0.6) is 0 Å². The van der Waals surface area contributed by atoms with Crippen LogP contribution in [0.2, 0.25) is 0 Å². The molecule has 2 heterocycles. The number of aromatic nitrogens is 2. The van der Waals surface area contributed by atoms with Crippen molar-refractivity contribution in [2.75, 3.05) is 7.05 Å². The first-order chi connectivity index (χ1) is 12.4. The van der Waals surface area contributed by atoms with E-state index in [0.717, 1.165) is 35.4 Å². The number of benzene rings is 1. The molecule has 6 nitrogen and oxygen atoms in total. The summed E-state index contributed by atoms with van der Waals surface area (Å²) in [5.41, 5.74) is 8.47. The largest absolute Gasteiger partial charge is 0.369 e. The first-order valence-electron chi connectivity index (χ1n) is 8.95. The van der Waals surface area contributed by atoms with Gasteiger partial charge in [-0.2, -0.15) is 0 Å². The van der Waals surface area contributed by atoms with E-state index >= 15 is 0 Å². The topological polar surface area (TPSA) is 84.5 Å². The van der Waals surface area contributed by atoms with Crippen molar-refractivity contribution in [3.8, 4) is 11.3 Å². The molecule has 0 bridgehead atoms. The molecule has 0 aliphatic carbocycles. The van der Waals surface area contributed by atoms with Gasteiger partial charge in [0.1, 0.15) is 0 Å².